The lowest BCUT2D eigenvalue weighted by Gasteiger charge is -2.12. The molecule has 0 spiro atoms. The summed E-state index contributed by atoms with van der Waals surface area (Å²) >= 11 is 6.20. The van der Waals surface area contributed by atoms with E-state index in [1.54, 1.807) is 20.3 Å². The van der Waals surface area contributed by atoms with Crippen molar-refractivity contribution >= 4 is 11.6 Å². The molecule has 3 nitrogen and oxygen atoms in total. The van der Waals surface area contributed by atoms with E-state index in [0.717, 1.165) is 25.1 Å². The van der Waals surface area contributed by atoms with Gasteiger partial charge < -0.3 is 14.8 Å². The summed E-state index contributed by atoms with van der Waals surface area (Å²) in [5.74, 6) is 2.08. The Hall–Kier alpha value is -0.930. The van der Waals surface area contributed by atoms with E-state index < -0.39 is 0 Å². The van der Waals surface area contributed by atoms with Gasteiger partial charge in [-0.1, -0.05) is 25.4 Å². The van der Waals surface area contributed by atoms with Gasteiger partial charge in [0.2, 0.25) is 0 Å². The summed E-state index contributed by atoms with van der Waals surface area (Å²) in [6, 6.07) is 3.71. The molecule has 0 aliphatic carbocycles. The third kappa shape index (κ3) is 4.39. The lowest BCUT2D eigenvalue weighted by atomic mass is 10.1. The van der Waals surface area contributed by atoms with Gasteiger partial charge in [0.1, 0.15) is 0 Å². The summed E-state index contributed by atoms with van der Waals surface area (Å²) in [6.45, 7) is 6.16. The molecular weight excluding hydrogens is 250 g/mol. The lowest BCUT2D eigenvalue weighted by Crippen LogP contribution is -2.16. The molecule has 0 amide bonds. The number of methoxy groups -OCH3 is 2. The maximum absolute atomic E-state index is 6.20. The molecule has 0 atom stereocenters. The normalized spacial score (nSPS) is 10.8. The first-order valence-electron chi connectivity index (χ1n) is 6.19. The van der Waals surface area contributed by atoms with Crippen LogP contribution >= 0.6 is 11.6 Å². The fourth-order valence-electron chi connectivity index (χ4n) is 1.65. The van der Waals surface area contributed by atoms with E-state index in [2.05, 4.69) is 19.2 Å². The molecular formula is C14H22ClNO2. The van der Waals surface area contributed by atoms with Crippen molar-refractivity contribution in [2.24, 2.45) is 5.92 Å². The second kappa shape index (κ2) is 7.49. The fraction of sp³-hybridized carbons (Fsp3) is 0.571. The van der Waals surface area contributed by atoms with Gasteiger partial charge in [-0.25, -0.2) is 0 Å². The molecule has 0 aliphatic heterocycles. The molecule has 0 unspecified atom stereocenters. The molecule has 1 N–H and O–H groups in total. The number of hydrogen-bond donors (Lipinski definition) is 1. The van der Waals surface area contributed by atoms with Crippen LogP contribution in [0.5, 0.6) is 11.5 Å². The summed E-state index contributed by atoms with van der Waals surface area (Å²) in [4.78, 5) is 0. The molecule has 0 aromatic heterocycles. The number of ether oxygens (including phenoxy) is 2. The number of hydrogen-bond acceptors (Lipinski definition) is 3. The van der Waals surface area contributed by atoms with Gasteiger partial charge >= 0.3 is 0 Å². The van der Waals surface area contributed by atoms with Crippen molar-refractivity contribution < 1.29 is 9.47 Å². The fourth-order valence-corrected chi connectivity index (χ4v) is 1.87. The topological polar surface area (TPSA) is 30.5 Å². The highest BCUT2D eigenvalue weighted by Gasteiger charge is 2.09. The predicted octanol–water partition coefficient (Wildman–Crippen LogP) is 3.49. The van der Waals surface area contributed by atoms with Crippen molar-refractivity contribution in [2.75, 3.05) is 20.8 Å². The molecule has 0 fully saturated rings. The minimum Gasteiger partial charge on any atom is -0.493 e. The number of rotatable bonds is 7. The van der Waals surface area contributed by atoms with Gasteiger partial charge in [-0.2, -0.15) is 0 Å². The third-order valence-corrected chi connectivity index (χ3v) is 3.12. The van der Waals surface area contributed by atoms with Gasteiger partial charge in [0.25, 0.3) is 0 Å². The molecule has 0 radical (unpaired) electrons. The van der Waals surface area contributed by atoms with E-state index in [-0.39, 0.29) is 0 Å². The second-order valence-corrected chi connectivity index (χ2v) is 5.07. The SMILES string of the molecule is COc1cc(Cl)c(CNCCC(C)C)cc1OC. The average Bonchev–Trinajstić information content (AvgIpc) is 2.35. The average molecular weight is 272 g/mol. The van der Waals surface area contributed by atoms with Crippen LogP contribution in [0.4, 0.5) is 0 Å². The predicted molar refractivity (Wildman–Crippen MR) is 75.7 cm³/mol. The van der Waals surface area contributed by atoms with Crippen molar-refractivity contribution in [1.82, 2.24) is 5.32 Å². The highest BCUT2D eigenvalue weighted by Crippen LogP contribution is 2.32. The summed E-state index contributed by atoms with van der Waals surface area (Å²) < 4.78 is 10.5. The quantitative estimate of drug-likeness (QED) is 0.770. The van der Waals surface area contributed by atoms with Gasteiger partial charge in [0.15, 0.2) is 11.5 Å². The maximum atomic E-state index is 6.20. The Kier molecular flexibility index (Phi) is 6.30. The van der Waals surface area contributed by atoms with E-state index >= 15 is 0 Å². The molecule has 18 heavy (non-hydrogen) atoms. The van der Waals surface area contributed by atoms with Crippen LogP contribution in [-0.4, -0.2) is 20.8 Å². The van der Waals surface area contributed by atoms with Crippen LogP contribution < -0.4 is 14.8 Å². The molecule has 1 aromatic carbocycles. The molecule has 1 rings (SSSR count). The third-order valence-electron chi connectivity index (χ3n) is 2.77. The van der Waals surface area contributed by atoms with Crippen molar-refractivity contribution in [1.29, 1.82) is 0 Å². The first-order chi connectivity index (χ1) is 8.58. The van der Waals surface area contributed by atoms with E-state index in [0.29, 0.717) is 22.4 Å². The van der Waals surface area contributed by atoms with Crippen LogP contribution in [0, 0.1) is 5.92 Å². The number of benzene rings is 1. The Morgan fingerprint density at radius 2 is 1.78 bits per heavy atom. The van der Waals surface area contributed by atoms with E-state index in [1.807, 2.05) is 6.07 Å². The first kappa shape index (κ1) is 15.1. The van der Waals surface area contributed by atoms with Crippen molar-refractivity contribution in [3.8, 4) is 11.5 Å². The Morgan fingerprint density at radius 1 is 1.17 bits per heavy atom. The van der Waals surface area contributed by atoms with Crippen molar-refractivity contribution in [3.05, 3.63) is 22.7 Å². The van der Waals surface area contributed by atoms with Gasteiger partial charge in [-0.15, -0.1) is 0 Å². The van der Waals surface area contributed by atoms with E-state index in [1.165, 1.54) is 0 Å². The molecule has 0 saturated carbocycles. The van der Waals surface area contributed by atoms with Gasteiger partial charge in [0, 0.05) is 17.6 Å². The van der Waals surface area contributed by atoms with Crippen LogP contribution in [0.3, 0.4) is 0 Å². The van der Waals surface area contributed by atoms with Crippen molar-refractivity contribution in [3.63, 3.8) is 0 Å². The smallest absolute Gasteiger partial charge is 0.162 e. The molecule has 0 bridgehead atoms. The molecule has 0 saturated heterocycles. The number of halogens is 1. The van der Waals surface area contributed by atoms with Crippen molar-refractivity contribution in [2.45, 2.75) is 26.8 Å². The van der Waals surface area contributed by atoms with Crippen LogP contribution in [-0.2, 0) is 6.54 Å². The van der Waals surface area contributed by atoms with Gasteiger partial charge in [-0.3, -0.25) is 0 Å². The van der Waals surface area contributed by atoms with Crippen LogP contribution in [0.1, 0.15) is 25.8 Å². The maximum Gasteiger partial charge on any atom is 0.162 e. The Labute approximate surface area is 114 Å². The highest BCUT2D eigenvalue weighted by molar-refractivity contribution is 6.31. The lowest BCUT2D eigenvalue weighted by molar-refractivity contribution is 0.354. The zero-order valence-corrected chi connectivity index (χ0v) is 12.3. The van der Waals surface area contributed by atoms with Crippen LogP contribution in [0.15, 0.2) is 12.1 Å². The Bertz CT molecular complexity index is 380. The zero-order chi connectivity index (χ0) is 13.5. The number of nitrogens with one attached hydrogen (secondary N) is 1. The molecule has 102 valence electrons. The minimum absolute atomic E-state index is 0.661. The first-order valence-corrected chi connectivity index (χ1v) is 6.57. The summed E-state index contributed by atoms with van der Waals surface area (Å²) in [7, 11) is 3.23. The summed E-state index contributed by atoms with van der Waals surface area (Å²) in [5.41, 5.74) is 1.03. The monoisotopic (exact) mass is 271 g/mol. The van der Waals surface area contributed by atoms with Crippen LogP contribution in [0.25, 0.3) is 0 Å². The Balaban J connectivity index is 2.65. The van der Waals surface area contributed by atoms with Crippen LogP contribution in [0.2, 0.25) is 5.02 Å². The largest absolute Gasteiger partial charge is 0.493 e. The second-order valence-electron chi connectivity index (χ2n) is 4.66. The molecule has 1 aromatic rings. The Morgan fingerprint density at radius 3 is 2.33 bits per heavy atom. The van der Waals surface area contributed by atoms with Gasteiger partial charge in [0.05, 0.1) is 14.2 Å². The van der Waals surface area contributed by atoms with E-state index in [4.69, 9.17) is 21.1 Å². The molecule has 0 aliphatic rings. The summed E-state index contributed by atoms with van der Waals surface area (Å²) in [6.07, 6.45) is 1.16. The van der Waals surface area contributed by atoms with E-state index in [9.17, 15) is 0 Å². The van der Waals surface area contributed by atoms with Gasteiger partial charge in [-0.05, 0) is 30.5 Å². The molecule has 4 heteroatoms. The molecule has 0 heterocycles. The minimum atomic E-state index is 0.661. The highest BCUT2D eigenvalue weighted by atomic mass is 35.5. The zero-order valence-electron chi connectivity index (χ0n) is 11.5. The summed E-state index contributed by atoms with van der Waals surface area (Å²) in [5, 5.41) is 4.08. The standard InChI is InChI=1S/C14H22ClNO2/c1-10(2)5-6-16-9-11-7-13(17-3)14(18-4)8-12(11)15/h7-8,10,16H,5-6,9H2,1-4H3.